The molecule has 0 unspecified atom stereocenters. The van der Waals surface area contributed by atoms with Crippen LogP contribution in [0.2, 0.25) is 0 Å². The summed E-state index contributed by atoms with van der Waals surface area (Å²) < 4.78 is 13.0. The summed E-state index contributed by atoms with van der Waals surface area (Å²) in [6.07, 6.45) is 0. The molecule has 3 rings (SSSR count). The van der Waals surface area contributed by atoms with E-state index in [1.807, 2.05) is 0 Å². The number of benzene rings is 1. The minimum Gasteiger partial charge on any atom is -0.380 e. The summed E-state index contributed by atoms with van der Waals surface area (Å²) in [7, 11) is 0. The number of fused-ring (bicyclic) bond motifs is 3. The first-order valence-corrected chi connectivity index (χ1v) is 5.19. The maximum Gasteiger partial charge on any atom is 0.124 e. The van der Waals surface area contributed by atoms with E-state index in [0.717, 1.165) is 23.5 Å². The average Bonchev–Trinajstić information content (AvgIpc) is 2.65. The lowest BCUT2D eigenvalue weighted by molar-refractivity contribution is 0.628. The number of hydrogen-bond donors (Lipinski definition) is 1. The Morgan fingerprint density at radius 3 is 3.29 bits per heavy atom. The second kappa shape index (κ2) is 2.78. The molecule has 1 aliphatic rings. The highest BCUT2D eigenvalue weighted by atomic mass is 32.1. The predicted molar refractivity (Wildman–Crippen MR) is 54.8 cm³/mol. The highest BCUT2D eigenvalue weighted by Crippen LogP contribution is 2.36. The summed E-state index contributed by atoms with van der Waals surface area (Å²) in [5, 5.41) is 3.24. The third-order valence-electron chi connectivity index (χ3n) is 2.32. The topological polar surface area (TPSA) is 24.9 Å². The van der Waals surface area contributed by atoms with Gasteiger partial charge in [-0.1, -0.05) is 0 Å². The van der Waals surface area contributed by atoms with Crippen molar-refractivity contribution in [2.75, 3.05) is 5.32 Å². The normalized spacial score (nSPS) is 12.9. The molecule has 2 nitrogen and oxygen atoms in total. The molecule has 1 N–H and O–H groups in total. The van der Waals surface area contributed by atoms with Crippen LogP contribution >= 0.6 is 11.3 Å². The summed E-state index contributed by atoms with van der Waals surface area (Å²) in [6, 6.07) is 4.75. The smallest absolute Gasteiger partial charge is 0.124 e. The number of rotatable bonds is 0. The van der Waals surface area contributed by atoms with E-state index in [0.29, 0.717) is 0 Å². The molecule has 0 radical (unpaired) electrons. The van der Waals surface area contributed by atoms with E-state index < -0.39 is 0 Å². The number of nitrogens with one attached hydrogen (secondary N) is 1. The van der Waals surface area contributed by atoms with Crippen LogP contribution in [0.3, 0.4) is 0 Å². The second-order valence-corrected chi connectivity index (χ2v) is 4.11. The number of halogens is 1. The van der Waals surface area contributed by atoms with Crippen molar-refractivity contribution in [3.63, 3.8) is 0 Å². The van der Waals surface area contributed by atoms with Gasteiger partial charge in [0.15, 0.2) is 0 Å². The second-order valence-electron chi connectivity index (χ2n) is 3.17. The molecule has 2 heterocycles. The van der Waals surface area contributed by atoms with E-state index in [4.69, 9.17) is 0 Å². The molecule has 0 bridgehead atoms. The molecule has 0 saturated heterocycles. The number of aromatic nitrogens is 1. The molecule has 0 fully saturated rings. The molecule has 0 spiro atoms. The van der Waals surface area contributed by atoms with E-state index in [-0.39, 0.29) is 5.82 Å². The summed E-state index contributed by atoms with van der Waals surface area (Å²) in [6.45, 7) is 0.790. The highest BCUT2D eigenvalue weighted by Gasteiger charge is 2.18. The van der Waals surface area contributed by atoms with Gasteiger partial charge in [0, 0.05) is 11.3 Å². The zero-order valence-electron chi connectivity index (χ0n) is 7.25. The SMILES string of the molecule is Fc1ccc2c(c1)-c1ncsc1CN2. The van der Waals surface area contributed by atoms with Crippen LogP contribution in [-0.4, -0.2) is 4.98 Å². The van der Waals surface area contributed by atoms with Crippen LogP contribution in [0, 0.1) is 5.82 Å². The summed E-state index contributed by atoms with van der Waals surface area (Å²) in [5.74, 6) is -0.216. The van der Waals surface area contributed by atoms with Crippen molar-refractivity contribution in [2.24, 2.45) is 0 Å². The summed E-state index contributed by atoms with van der Waals surface area (Å²) in [4.78, 5) is 5.42. The van der Waals surface area contributed by atoms with Crippen LogP contribution in [0.5, 0.6) is 0 Å². The first-order valence-electron chi connectivity index (χ1n) is 4.31. The van der Waals surface area contributed by atoms with Crippen LogP contribution < -0.4 is 5.32 Å². The maximum absolute atomic E-state index is 13.0. The predicted octanol–water partition coefficient (Wildman–Crippen LogP) is 2.87. The minimum atomic E-state index is -0.216. The lowest BCUT2D eigenvalue weighted by Gasteiger charge is -2.16. The molecule has 0 saturated carbocycles. The van der Waals surface area contributed by atoms with Gasteiger partial charge in [-0.25, -0.2) is 9.37 Å². The fraction of sp³-hybridized carbons (Fsp3) is 0.100. The number of anilines is 1. The van der Waals surface area contributed by atoms with Crippen LogP contribution in [0.15, 0.2) is 23.7 Å². The lowest BCUT2D eigenvalue weighted by Crippen LogP contribution is -2.06. The van der Waals surface area contributed by atoms with Crippen molar-refractivity contribution in [1.82, 2.24) is 4.98 Å². The molecule has 2 aromatic rings. The van der Waals surface area contributed by atoms with Gasteiger partial charge in [-0.05, 0) is 18.2 Å². The van der Waals surface area contributed by atoms with Gasteiger partial charge in [-0.2, -0.15) is 0 Å². The number of nitrogens with zero attached hydrogens (tertiary/aromatic N) is 1. The first-order chi connectivity index (χ1) is 6.84. The van der Waals surface area contributed by atoms with Gasteiger partial charge < -0.3 is 5.32 Å². The van der Waals surface area contributed by atoms with E-state index >= 15 is 0 Å². The fourth-order valence-electron chi connectivity index (χ4n) is 1.66. The van der Waals surface area contributed by atoms with Crippen LogP contribution in [-0.2, 0) is 6.54 Å². The Morgan fingerprint density at radius 1 is 1.43 bits per heavy atom. The fourth-order valence-corrected chi connectivity index (χ4v) is 2.37. The largest absolute Gasteiger partial charge is 0.380 e. The van der Waals surface area contributed by atoms with Crippen molar-refractivity contribution in [3.05, 3.63) is 34.4 Å². The van der Waals surface area contributed by atoms with Crippen molar-refractivity contribution in [2.45, 2.75) is 6.54 Å². The third-order valence-corrected chi connectivity index (χ3v) is 3.15. The Bertz CT molecular complexity index is 493. The quantitative estimate of drug-likeness (QED) is 0.717. The van der Waals surface area contributed by atoms with E-state index in [1.165, 1.54) is 17.0 Å². The highest BCUT2D eigenvalue weighted by molar-refractivity contribution is 7.10. The monoisotopic (exact) mass is 206 g/mol. The maximum atomic E-state index is 13.0. The molecular weight excluding hydrogens is 199 g/mol. The van der Waals surface area contributed by atoms with Gasteiger partial charge >= 0.3 is 0 Å². The molecule has 0 aliphatic carbocycles. The van der Waals surface area contributed by atoms with Crippen molar-refractivity contribution >= 4 is 17.0 Å². The van der Waals surface area contributed by atoms with Gasteiger partial charge in [0.05, 0.1) is 22.6 Å². The molecule has 0 amide bonds. The third kappa shape index (κ3) is 1.04. The van der Waals surface area contributed by atoms with E-state index in [9.17, 15) is 4.39 Å². The number of thiazole rings is 1. The summed E-state index contributed by atoms with van der Waals surface area (Å²) in [5.41, 5.74) is 4.55. The molecule has 1 aromatic heterocycles. The molecule has 14 heavy (non-hydrogen) atoms. The van der Waals surface area contributed by atoms with Crippen molar-refractivity contribution in [1.29, 1.82) is 0 Å². The zero-order chi connectivity index (χ0) is 9.54. The minimum absolute atomic E-state index is 0.216. The van der Waals surface area contributed by atoms with E-state index in [1.54, 1.807) is 22.9 Å². The standard InChI is InChI=1S/C10H7FN2S/c11-6-1-2-8-7(3-6)10-9(4-12-8)14-5-13-10/h1-3,5,12H,4H2. The van der Waals surface area contributed by atoms with Crippen LogP contribution in [0.25, 0.3) is 11.3 Å². The molecule has 4 heteroatoms. The first kappa shape index (κ1) is 7.94. The van der Waals surface area contributed by atoms with Gasteiger partial charge in [-0.15, -0.1) is 11.3 Å². The Hall–Kier alpha value is -1.42. The molecule has 1 aliphatic heterocycles. The van der Waals surface area contributed by atoms with Gasteiger partial charge in [-0.3, -0.25) is 0 Å². The Morgan fingerprint density at radius 2 is 2.36 bits per heavy atom. The molecule has 0 atom stereocenters. The van der Waals surface area contributed by atoms with Crippen LogP contribution in [0.1, 0.15) is 4.88 Å². The van der Waals surface area contributed by atoms with Gasteiger partial charge in [0.1, 0.15) is 5.82 Å². The lowest BCUT2D eigenvalue weighted by atomic mass is 10.1. The molecule has 1 aromatic carbocycles. The van der Waals surface area contributed by atoms with Gasteiger partial charge in [0.2, 0.25) is 0 Å². The summed E-state index contributed by atoms with van der Waals surface area (Å²) >= 11 is 1.60. The Labute approximate surface area is 84.4 Å². The number of hydrogen-bond acceptors (Lipinski definition) is 3. The molecule has 70 valence electrons. The Kier molecular flexibility index (Phi) is 1.58. The average molecular weight is 206 g/mol. The van der Waals surface area contributed by atoms with Crippen molar-refractivity contribution < 1.29 is 4.39 Å². The van der Waals surface area contributed by atoms with E-state index in [2.05, 4.69) is 10.3 Å². The molecular formula is C10H7FN2S. The van der Waals surface area contributed by atoms with Crippen LogP contribution in [0.4, 0.5) is 10.1 Å². The Balaban J connectivity index is 2.28. The van der Waals surface area contributed by atoms with Gasteiger partial charge in [0.25, 0.3) is 0 Å². The zero-order valence-corrected chi connectivity index (χ0v) is 8.07. The van der Waals surface area contributed by atoms with Crippen molar-refractivity contribution in [3.8, 4) is 11.3 Å².